The number of nitrogens with zero attached hydrogens (tertiary/aromatic N) is 2. The van der Waals surface area contributed by atoms with E-state index in [0.29, 0.717) is 6.42 Å². The van der Waals surface area contributed by atoms with E-state index in [9.17, 15) is 13.2 Å². The molecule has 0 aliphatic heterocycles. The molecule has 1 rings (SSSR count). The highest BCUT2D eigenvalue weighted by atomic mass is 32.2. The average Bonchev–Trinajstić information content (AvgIpc) is 2.50. The second kappa shape index (κ2) is 7.90. The zero-order valence-electron chi connectivity index (χ0n) is 12.9. The molecule has 22 heavy (non-hydrogen) atoms. The number of aromatic nitrogens is 2. The molecule has 0 aliphatic rings. The zero-order valence-corrected chi connectivity index (χ0v) is 13.7. The Morgan fingerprint density at radius 3 is 2.09 bits per heavy atom. The van der Waals surface area contributed by atoms with Gasteiger partial charge in [0.25, 0.3) is 5.91 Å². The molecular formula is C12H19N3O6S. The van der Waals surface area contributed by atoms with E-state index in [0.717, 1.165) is 0 Å². The first kappa shape index (κ1) is 18.1. The van der Waals surface area contributed by atoms with Crippen LogP contribution in [-0.2, 0) is 14.6 Å². The number of amides is 1. The Labute approximate surface area is 128 Å². The van der Waals surface area contributed by atoms with Crippen molar-refractivity contribution in [2.75, 3.05) is 33.8 Å². The summed E-state index contributed by atoms with van der Waals surface area (Å²) >= 11 is 0. The summed E-state index contributed by atoms with van der Waals surface area (Å²) in [6.07, 6.45) is 0.407. The third-order valence-corrected chi connectivity index (χ3v) is 4.47. The van der Waals surface area contributed by atoms with Gasteiger partial charge in [-0.1, -0.05) is 6.92 Å². The molecule has 0 aliphatic carbocycles. The fourth-order valence-corrected chi connectivity index (χ4v) is 3.17. The van der Waals surface area contributed by atoms with Crippen molar-refractivity contribution < 1.29 is 27.4 Å². The van der Waals surface area contributed by atoms with Gasteiger partial charge in [0.1, 0.15) is 6.73 Å². The van der Waals surface area contributed by atoms with Gasteiger partial charge in [0.2, 0.25) is 17.6 Å². The first-order valence-electron chi connectivity index (χ1n) is 6.41. The molecule has 1 heterocycles. The fraction of sp³-hybridized carbons (Fsp3) is 0.583. The van der Waals surface area contributed by atoms with Gasteiger partial charge in [-0.05, 0) is 6.42 Å². The van der Waals surface area contributed by atoms with E-state index in [1.54, 1.807) is 6.92 Å². The highest BCUT2D eigenvalue weighted by molar-refractivity contribution is 7.91. The van der Waals surface area contributed by atoms with Crippen LogP contribution in [0.2, 0.25) is 0 Å². The largest absolute Gasteiger partial charge is 0.480 e. The van der Waals surface area contributed by atoms with Crippen LogP contribution in [0, 0.1) is 0 Å². The average molecular weight is 333 g/mol. The third kappa shape index (κ3) is 4.04. The quantitative estimate of drug-likeness (QED) is 0.661. The van der Waals surface area contributed by atoms with E-state index in [1.807, 2.05) is 0 Å². The molecule has 0 radical (unpaired) electrons. The lowest BCUT2D eigenvalue weighted by Gasteiger charge is -2.13. The van der Waals surface area contributed by atoms with Crippen molar-refractivity contribution >= 4 is 15.7 Å². The zero-order chi connectivity index (χ0) is 16.8. The van der Waals surface area contributed by atoms with E-state index >= 15 is 0 Å². The molecule has 124 valence electrons. The number of carbonyl (C=O) groups is 1. The molecule has 1 amide bonds. The van der Waals surface area contributed by atoms with Gasteiger partial charge in [0.15, 0.2) is 14.7 Å². The van der Waals surface area contributed by atoms with Crippen LogP contribution in [0.4, 0.5) is 0 Å². The molecular weight excluding hydrogens is 314 g/mol. The standard InChI is InChI=1S/C12H19N3O6S/c1-5-6-22(17,18)8-11(20-3)14-9(15-12(8)21-4)10(16)13-7-19-2/h5-7H2,1-4H3,(H,13,16). The van der Waals surface area contributed by atoms with Gasteiger partial charge in [0, 0.05) is 7.11 Å². The molecule has 0 saturated heterocycles. The maximum atomic E-state index is 12.3. The summed E-state index contributed by atoms with van der Waals surface area (Å²) in [6, 6.07) is 0. The predicted molar refractivity (Wildman–Crippen MR) is 76.8 cm³/mol. The van der Waals surface area contributed by atoms with Gasteiger partial charge in [-0.3, -0.25) is 4.79 Å². The molecule has 0 fully saturated rings. The molecule has 0 saturated carbocycles. The monoisotopic (exact) mass is 333 g/mol. The van der Waals surface area contributed by atoms with Gasteiger partial charge >= 0.3 is 0 Å². The van der Waals surface area contributed by atoms with Crippen molar-refractivity contribution in [3.63, 3.8) is 0 Å². The lowest BCUT2D eigenvalue weighted by Crippen LogP contribution is -2.28. The van der Waals surface area contributed by atoms with Crippen LogP contribution < -0.4 is 14.8 Å². The minimum Gasteiger partial charge on any atom is -0.480 e. The van der Waals surface area contributed by atoms with E-state index in [-0.39, 0.29) is 35.0 Å². The summed E-state index contributed by atoms with van der Waals surface area (Å²) in [5.74, 6) is -1.50. The fourth-order valence-electron chi connectivity index (χ4n) is 1.64. The molecule has 0 unspecified atom stereocenters. The lowest BCUT2D eigenvalue weighted by atomic mass is 10.5. The Kier molecular flexibility index (Phi) is 6.50. The maximum absolute atomic E-state index is 12.3. The van der Waals surface area contributed by atoms with Crippen molar-refractivity contribution in [1.29, 1.82) is 0 Å². The number of hydrogen-bond donors (Lipinski definition) is 1. The molecule has 1 aromatic heterocycles. The van der Waals surface area contributed by atoms with Gasteiger partial charge in [-0.2, -0.15) is 9.97 Å². The second-order valence-electron chi connectivity index (χ2n) is 4.15. The molecule has 0 atom stereocenters. The second-order valence-corrected chi connectivity index (χ2v) is 6.20. The normalized spacial score (nSPS) is 11.1. The topological polar surface area (TPSA) is 117 Å². The summed E-state index contributed by atoms with van der Waals surface area (Å²) in [4.78, 5) is 19.3. The first-order chi connectivity index (χ1) is 10.4. The minimum absolute atomic E-state index is 0.0390. The summed E-state index contributed by atoms with van der Waals surface area (Å²) in [7, 11) is 0.226. The van der Waals surface area contributed by atoms with Crippen molar-refractivity contribution in [3.05, 3.63) is 5.82 Å². The molecule has 1 N–H and O–H groups in total. The number of nitrogens with one attached hydrogen (secondary N) is 1. The summed E-state index contributed by atoms with van der Waals surface area (Å²) < 4.78 is 39.3. The predicted octanol–water partition coefficient (Wildman–Crippen LogP) is 0.0112. The van der Waals surface area contributed by atoms with Crippen LogP contribution >= 0.6 is 0 Å². The molecule has 0 spiro atoms. The number of methoxy groups -OCH3 is 3. The third-order valence-electron chi connectivity index (χ3n) is 2.55. The Morgan fingerprint density at radius 2 is 1.68 bits per heavy atom. The number of hydrogen-bond acceptors (Lipinski definition) is 8. The SMILES string of the molecule is CCCS(=O)(=O)c1c(OC)nc(C(=O)NCOC)nc1OC. The lowest BCUT2D eigenvalue weighted by molar-refractivity contribution is 0.0859. The van der Waals surface area contributed by atoms with Crippen LogP contribution in [0.5, 0.6) is 11.8 Å². The van der Waals surface area contributed by atoms with Crippen molar-refractivity contribution in [2.45, 2.75) is 18.2 Å². The molecule has 0 bridgehead atoms. The highest BCUT2D eigenvalue weighted by Crippen LogP contribution is 2.31. The van der Waals surface area contributed by atoms with E-state index < -0.39 is 15.7 Å². The summed E-state index contributed by atoms with van der Waals surface area (Å²) in [5, 5.41) is 2.39. The number of ether oxygens (including phenoxy) is 3. The van der Waals surface area contributed by atoms with E-state index in [4.69, 9.17) is 14.2 Å². The van der Waals surface area contributed by atoms with Crippen LogP contribution in [0.3, 0.4) is 0 Å². The van der Waals surface area contributed by atoms with Crippen molar-refractivity contribution in [1.82, 2.24) is 15.3 Å². The van der Waals surface area contributed by atoms with Crippen LogP contribution in [0.15, 0.2) is 4.90 Å². The number of sulfone groups is 1. The maximum Gasteiger partial charge on any atom is 0.291 e. The Morgan fingerprint density at radius 1 is 1.14 bits per heavy atom. The van der Waals surface area contributed by atoms with E-state index in [2.05, 4.69) is 15.3 Å². The smallest absolute Gasteiger partial charge is 0.291 e. The first-order valence-corrected chi connectivity index (χ1v) is 8.06. The molecule has 0 aromatic carbocycles. The Balaban J connectivity index is 3.39. The summed E-state index contributed by atoms with van der Waals surface area (Å²) in [6.45, 7) is 1.69. The van der Waals surface area contributed by atoms with Crippen LogP contribution in [0.1, 0.15) is 24.0 Å². The van der Waals surface area contributed by atoms with Crippen molar-refractivity contribution in [3.8, 4) is 11.8 Å². The molecule has 9 nitrogen and oxygen atoms in total. The number of rotatable bonds is 8. The highest BCUT2D eigenvalue weighted by Gasteiger charge is 2.29. The minimum atomic E-state index is -3.69. The van der Waals surface area contributed by atoms with Gasteiger partial charge < -0.3 is 19.5 Å². The summed E-state index contributed by atoms with van der Waals surface area (Å²) in [5.41, 5.74) is 0. The Bertz CT molecular complexity index is 607. The van der Waals surface area contributed by atoms with Gasteiger partial charge in [0.05, 0.1) is 20.0 Å². The van der Waals surface area contributed by atoms with E-state index in [1.165, 1.54) is 21.3 Å². The van der Waals surface area contributed by atoms with Crippen LogP contribution in [-0.4, -0.2) is 58.1 Å². The van der Waals surface area contributed by atoms with Crippen molar-refractivity contribution in [2.24, 2.45) is 0 Å². The molecule has 1 aromatic rings. The Hall–Kier alpha value is -1.94. The number of carbonyl (C=O) groups excluding carboxylic acids is 1. The van der Waals surface area contributed by atoms with Crippen LogP contribution in [0.25, 0.3) is 0 Å². The van der Waals surface area contributed by atoms with Gasteiger partial charge in [-0.15, -0.1) is 0 Å². The molecule has 10 heteroatoms. The van der Waals surface area contributed by atoms with Gasteiger partial charge in [-0.25, -0.2) is 8.42 Å².